The number of hydrogen-bond donors (Lipinski definition) is 2. The van der Waals surface area contributed by atoms with E-state index in [2.05, 4.69) is 39.8 Å². The molecule has 0 fully saturated rings. The summed E-state index contributed by atoms with van der Waals surface area (Å²) in [6, 6.07) is 8.62. The molecule has 0 bridgehead atoms. The van der Waals surface area contributed by atoms with E-state index in [1.165, 1.54) is 29.7 Å². The Morgan fingerprint density at radius 2 is 2.19 bits per heavy atom. The van der Waals surface area contributed by atoms with Crippen molar-refractivity contribution in [2.24, 2.45) is 0 Å². The zero-order chi connectivity index (χ0) is 11.0. The molecule has 0 saturated carbocycles. The lowest BCUT2D eigenvalue weighted by Crippen LogP contribution is -2.11. The van der Waals surface area contributed by atoms with E-state index in [0.29, 0.717) is 0 Å². The van der Waals surface area contributed by atoms with Crippen LogP contribution in [0.3, 0.4) is 0 Å². The van der Waals surface area contributed by atoms with Crippen LogP contribution in [0.15, 0.2) is 24.3 Å². The molecule has 16 heavy (non-hydrogen) atoms. The normalized spacial score (nSPS) is 14.3. The molecule has 0 radical (unpaired) electrons. The molecule has 2 heterocycles. The van der Waals surface area contributed by atoms with E-state index < -0.39 is 0 Å². The van der Waals surface area contributed by atoms with Crippen LogP contribution in [-0.4, -0.2) is 16.7 Å². The Balaban J connectivity index is 2.02. The van der Waals surface area contributed by atoms with Crippen molar-refractivity contribution in [1.29, 1.82) is 0 Å². The molecule has 2 aromatic rings. The van der Waals surface area contributed by atoms with E-state index in [9.17, 15) is 0 Å². The third-order valence-corrected chi connectivity index (χ3v) is 3.05. The number of aromatic nitrogens is 2. The maximum Gasteiger partial charge on any atom is 0.0923 e. The van der Waals surface area contributed by atoms with Crippen LogP contribution < -0.4 is 5.32 Å². The van der Waals surface area contributed by atoms with Crippen molar-refractivity contribution in [1.82, 2.24) is 10.2 Å². The fraction of sp³-hybridized carbons (Fsp3) is 0.308. The van der Waals surface area contributed by atoms with Gasteiger partial charge >= 0.3 is 0 Å². The predicted octanol–water partition coefficient (Wildman–Crippen LogP) is 2.74. The summed E-state index contributed by atoms with van der Waals surface area (Å²) in [4.78, 5) is 0. The van der Waals surface area contributed by atoms with Gasteiger partial charge in [-0.25, -0.2) is 0 Å². The summed E-state index contributed by atoms with van der Waals surface area (Å²) in [5.41, 5.74) is 6.02. The molecule has 82 valence electrons. The summed E-state index contributed by atoms with van der Waals surface area (Å²) in [6.45, 7) is 3.12. The van der Waals surface area contributed by atoms with Crippen LogP contribution in [0.4, 0.5) is 5.69 Å². The van der Waals surface area contributed by atoms with E-state index >= 15 is 0 Å². The average Bonchev–Trinajstić information content (AvgIpc) is 2.75. The summed E-state index contributed by atoms with van der Waals surface area (Å²) in [7, 11) is 0. The van der Waals surface area contributed by atoms with Gasteiger partial charge in [0.1, 0.15) is 0 Å². The smallest absolute Gasteiger partial charge is 0.0923 e. The Labute approximate surface area is 94.9 Å². The first-order valence-corrected chi connectivity index (χ1v) is 5.72. The van der Waals surface area contributed by atoms with Crippen LogP contribution >= 0.6 is 0 Å². The minimum Gasteiger partial charge on any atom is -0.385 e. The Morgan fingerprint density at radius 1 is 1.25 bits per heavy atom. The first kappa shape index (κ1) is 9.46. The Bertz CT molecular complexity index is 514. The molecule has 2 N–H and O–H groups in total. The number of anilines is 1. The second-order valence-corrected chi connectivity index (χ2v) is 4.34. The van der Waals surface area contributed by atoms with E-state index in [0.717, 1.165) is 17.9 Å². The van der Waals surface area contributed by atoms with Gasteiger partial charge in [0, 0.05) is 23.5 Å². The van der Waals surface area contributed by atoms with Gasteiger partial charge in [0.05, 0.1) is 5.69 Å². The average molecular weight is 213 g/mol. The van der Waals surface area contributed by atoms with Crippen LogP contribution in [-0.2, 0) is 6.42 Å². The highest BCUT2D eigenvalue weighted by molar-refractivity contribution is 5.66. The monoisotopic (exact) mass is 213 g/mol. The van der Waals surface area contributed by atoms with E-state index in [1.54, 1.807) is 0 Å². The second-order valence-electron chi connectivity index (χ2n) is 4.34. The highest BCUT2D eigenvalue weighted by atomic mass is 15.1. The Morgan fingerprint density at radius 3 is 3.00 bits per heavy atom. The largest absolute Gasteiger partial charge is 0.385 e. The first-order chi connectivity index (χ1) is 7.83. The second kappa shape index (κ2) is 3.67. The zero-order valence-electron chi connectivity index (χ0n) is 9.38. The van der Waals surface area contributed by atoms with Gasteiger partial charge in [0.25, 0.3) is 0 Å². The fourth-order valence-corrected chi connectivity index (χ4v) is 2.20. The summed E-state index contributed by atoms with van der Waals surface area (Å²) in [5, 5.41) is 10.7. The molecule has 0 atom stereocenters. The molecule has 3 nitrogen and oxygen atoms in total. The van der Waals surface area contributed by atoms with Crippen molar-refractivity contribution in [3.8, 4) is 11.3 Å². The summed E-state index contributed by atoms with van der Waals surface area (Å²) < 4.78 is 0. The Hall–Kier alpha value is -1.77. The molecule has 3 heteroatoms. The number of nitrogens with zero attached hydrogens (tertiary/aromatic N) is 1. The van der Waals surface area contributed by atoms with Crippen molar-refractivity contribution < 1.29 is 0 Å². The minimum atomic E-state index is 1.03. The van der Waals surface area contributed by atoms with Crippen LogP contribution in [0.1, 0.15) is 17.7 Å². The maximum absolute atomic E-state index is 4.29. The number of rotatable bonds is 1. The standard InChI is InChI=1S/C13H15N3/c1-9-7-13(16-15-9)11-4-5-12-10(8-11)3-2-6-14-12/h4-5,7-8,14H,2-3,6H2,1H3,(H,15,16). The van der Waals surface area contributed by atoms with Gasteiger partial charge in [-0.3, -0.25) is 5.10 Å². The number of hydrogen-bond acceptors (Lipinski definition) is 2. The number of aryl methyl sites for hydroxylation is 2. The molecule has 3 rings (SSSR count). The maximum atomic E-state index is 4.29. The number of H-pyrrole nitrogens is 1. The molecule has 0 unspecified atom stereocenters. The molecule has 0 spiro atoms. The van der Waals surface area contributed by atoms with Crippen molar-refractivity contribution in [3.05, 3.63) is 35.5 Å². The third-order valence-electron chi connectivity index (χ3n) is 3.05. The van der Waals surface area contributed by atoms with Gasteiger partial charge in [-0.05, 0) is 43.5 Å². The van der Waals surface area contributed by atoms with Crippen LogP contribution in [0.5, 0.6) is 0 Å². The lowest BCUT2D eigenvalue weighted by molar-refractivity contribution is 0.830. The van der Waals surface area contributed by atoms with Gasteiger partial charge < -0.3 is 5.32 Å². The van der Waals surface area contributed by atoms with Gasteiger partial charge in [-0.2, -0.15) is 5.10 Å². The topological polar surface area (TPSA) is 40.7 Å². The molecule has 1 aliphatic rings. The molecular formula is C13H15N3. The molecule has 1 aromatic carbocycles. The molecule has 1 aromatic heterocycles. The molecule has 0 aliphatic carbocycles. The van der Waals surface area contributed by atoms with Crippen molar-refractivity contribution in [2.75, 3.05) is 11.9 Å². The van der Waals surface area contributed by atoms with E-state index in [-0.39, 0.29) is 0 Å². The number of fused-ring (bicyclic) bond motifs is 1. The van der Waals surface area contributed by atoms with Crippen LogP contribution in [0.25, 0.3) is 11.3 Å². The van der Waals surface area contributed by atoms with Gasteiger partial charge in [-0.15, -0.1) is 0 Å². The van der Waals surface area contributed by atoms with E-state index in [4.69, 9.17) is 0 Å². The lowest BCUT2D eigenvalue weighted by Gasteiger charge is -2.18. The SMILES string of the molecule is Cc1cc(-c2ccc3c(c2)CCCN3)n[nH]1. The third kappa shape index (κ3) is 1.58. The van der Waals surface area contributed by atoms with Crippen molar-refractivity contribution in [2.45, 2.75) is 19.8 Å². The number of aromatic amines is 1. The zero-order valence-corrected chi connectivity index (χ0v) is 9.38. The van der Waals surface area contributed by atoms with Gasteiger partial charge in [0.2, 0.25) is 0 Å². The van der Waals surface area contributed by atoms with Crippen LogP contribution in [0.2, 0.25) is 0 Å². The highest BCUT2D eigenvalue weighted by Crippen LogP contribution is 2.27. The van der Waals surface area contributed by atoms with E-state index in [1.807, 2.05) is 6.92 Å². The van der Waals surface area contributed by atoms with Crippen molar-refractivity contribution >= 4 is 5.69 Å². The van der Waals surface area contributed by atoms with Gasteiger partial charge in [0.15, 0.2) is 0 Å². The first-order valence-electron chi connectivity index (χ1n) is 5.72. The Kier molecular flexibility index (Phi) is 2.17. The molecular weight excluding hydrogens is 198 g/mol. The number of nitrogens with one attached hydrogen (secondary N) is 2. The molecule has 1 aliphatic heterocycles. The minimum absolute atomic E-state index is 1.03. The summed E-state index contributed by atoms with van der Waals surface area (Å²) in [6.07, 6.45) is 2.38. The van der Waals surface area contributed by atoms with Crippen LogP contribution in [0, 0.1) is 6.92 Å². The summed E-state index contributed by atoms with van der Waals surface area (Å²) in [5.74, 6) is 0. The molecule has 0 amide bonds. The van der Waals surface area contributed by atoms with Crippen molar-refractivity contribution in [3.63, 3.8) is 0 Å². The fourth-order valence-electron chi connectivity index (χ4n) is 2.20. The summed E-state index contributed by atoms with van der Waals surface area (Å²) >= 11 is 0. The highest BCUT2D eigenvalue weighted by Gasteiger charge is 2.10. The lowest BCUT2D eigenvalue weighted by atomic mass is 9.99. The number of benzene rings is 1. The quantitative estimate of drug-likeness (QED) is 0.764. The predicted molar refractivity (Wildman–Crippen MR) is 65.6 cm³/mol. The molecule has 0 saturated heterocycles. The van der Waals surface area contributed by atoms with Gasteiger partial charge in [-0.1, -0.05) is 6.07 Å².